The smallest absolute Gasteiger partial charge is 0.217 e. The predicted octanol–water partition coefficient (Wildman–Crippen LogP) is 1.76. The number of aliphatic hydroxyl groups excluding tert-OH is 1. The van der Waals surface area contributed by atoms with E-state index in [1.165, 1.54) is 7.11 Å². The minimum Gasteiger partial charge on any atom is -0.496 e. The third-order valence-electron chi connectivity index (χ3n) is 2.21. The van der Waals surface area contributed by atoms with Gasteiger partial charge < -0.3 is 15.6 Å². The van der Waals surface area contributed by atoms with Crippen molar-refractivity contribution in [1.82, 2.24) is 0 Å². The van der Waals surface area contributed by atoms with Gasteiger partial charge in [0.25, 0.3) is 0 Å². The molecule has 0 aromatic heterocycles. The third-order valence-corrected chi connectivity index (χ3v) is 2.71. The summed E-state index contributed by atoms with van der Waals surface area (Å²) in [6, 6.07) is 5.35. The Balaban J connectivity index is 2.84. The summed E-state index contributed by atoms with van der Waals surface area (Å²) in [5, 5.41) is 9.90. The van der Waals surface area contributed by atoms with Crippen LogP contribution in [0, 0.1) is 0 Å². The van der Waals surface area contributed by atoms with Gasteiger partial charge in [-0.05, 0) is 24.6 Å². The summed E-state index contributed by atoms with van der Waals surface area (Å²) in [6.45, 7) is 0. The Morgan fingerprint density at radius 2 is 2.31 bits per heavy atom. The summed E-state index contributed by atoms with van der Waals surface area (Å²) in [5.74, 6) is 0.174. The van der Waals surface area contributed by atoms with E-state index in [1.54, 1.807) is 12.1 Å². The summed E-state index contributed by atoms with van der Waals surface area (Å²) < 4.78 is 5.98. The van der Waals surface area contributed by atoms with Crippen molar-refractivity contribution in [3.8, 4) is 5.75 Å². The number of nitrogens with two attached hydrogens (primary N) is 1. The molecule has 1 unspecified atom stereocenters. The summed E-state index contributed by atoms with van der Waals surface area (Å²) in [5.41, 5.74) is 5.68. The van der Waals surface area contributed by atoms with Crippen LogP contribution in [0.4, 0.5) is 0 Å². The van der Waals surface area contributed by atoms with Crippen molar-refractivity contribution in [2.24, 2.45) is 5.73 Å². The van der Waals surface area contributed by atoms with Crippen LogP contribution in [0.25, 0.3) is 0 Å². The first-order valence-electron chi connectivity index (χ1n) is 4.84. The molecule has 0 heterocycles. The monoisotopic (exact) mass is 287 g/mol. The zero-order chi connectivity index (χ0) is 12.1. The first kappa shape index (κ1) is 13.0. The molecule has 1 amide bonds. The highest BCUT2D eigenvalue weighted by molar-refractivity contribution is 9.10. The van der Waals surface area contributed by atoms with Crippen molar-refractivity contribution in [1.29, 1.82) is 0 Å². The summed E-state index contributed by atoms with van der Waals surface area (Å²) in [7, 11) is 1.54. The molecule has 0 radical (unpaired) electrons. The SMILES string of the molecule is COc1ccc(Br)cc1C(O)CCC(N)=O. The number of methoxy groups -OCH3 is 1. The first-order chi connectivity index (χ1) is 7.54. The number of hydrogen-bond acceptors (Lipinski definition) is 3. The van der Waals surface area contributed by atoms with Crippen LogP contribution in [0.5, 0.6) is 5.75 Å². The molecular formula is C11H14BrNO3. The number of rotatable bonds is 5. The number of amides is 1. The molecule has 0 bridgehead atoms. The summed E-state index contributed by atoms with van der Waals surface area (Å²) in [6.07, 6.45) is -0.307. The summed E-state index contributed by atoms with van der Waals surface area (Å²) >= 11 is 3.32. The van der Waals surface area contributed by atoms with Gasteiger partial charge in [-0.25, -0.2) is 0 Å². The van der Waals surface area contributed by atoms with E-state index in [9.17, 15) is 9.90 Å². The number of carbonyl (C=O) groups is 1. The first-order valence-corrected chi connectivity index (χ1v) is 5.63. The van der Waals surface area contributed by atoms with E-state index >= 15 is 0 Å². The van der Waals surface area contributed by atoms with Gasteiger partial charge in [0.1, 0.15) is 5.75 Å². The second kappa shape index (κ2) is 5.86. The molecule has 0 saturated carbocycles. The zero-order valence-corrected chi connectivity index (χ0v) is 10.5. The van der Waals surface area contributed by atoms with Crippen LogP contribution in [0.15, 0.2) is 22.7 Å². The Morgan fingerprint density at radius 3 is 2.88 bits per heavy atom. The van der Waals surface area contributed by atoms with Crippen molar-refractivity contribution < 1.29 is 14.6 Å². The molecule has 0 saturated heterocycles. The molecule has 5 heteroatoms. The van der Waals surface area contributed by atoms with Crippen LogP contribution in [0.3, 0.4) is 0 Å². The van der Waals surface area contributed by atoms with Crippen LogP contribution in [0.1, 0.15) is 24.5 Å². The van der Waals surface area contributed by atoms with Crippen molar-refractivity contribution >= 4 is 21.8 Å². The number of carbonyl (C=O) groups excluding carboxylic acids is 1. The minimum atomic E-state index is -0.750. The molecule has 3 N–H and O–H groups in total. The van der Waals surface area contributed by atoms with Gasteiger partial charge in [0.05, 0.1) is 13.2 Å². The zero-order valence-electron chi connectivity index (χ0n) is 8.94. The lowest BCUT2D eigenvalue weighted by atomic mass is 10.0. The Labute approximate surface area is 103 Å². The van der Waals surface area contributed by atoms with Gasteiger partial charge in [-0.1, -0.05) is 15.9 Å². The molecule has 1 aromatic carbocycles. The normalized spacial score (nSPS) is 12.2. The molecule has 88 valence electrons. The second-order valence-corrected chi connectivity index (χ2v) is 4.32. The Bertz CT molecular complexity index is 381. The maximum Gasteiger partial charge on any atom is 0.217 e. The molecular weight excluding hydrogens is 274 g/mol. The van der Waals surface area contributed by atoms with E-state index in [4.69, 9.17) is 10.5 Å². The van der Waals surface area contributed by atoms with E-state index in [0.29, 0.717) is 17.7 Å². The van der Waals surface area contributed by atoms with Gasteiger partial charge in [0.2, 0.25) is 5.91 Å². The van der Waals surface area contributed by atoms with E-state index in [0.717, 1.165) is 4.47 Å². The fourth-order valence-electron chi connectivity index (χ4n) is 1.40. The molecule has 0 spiro atoms. The molecule has 0 aliphatic carbocycles. The van der Waals surface area contributed by atoms with Gasteiger partial charge >= 0.3 is 0 Å². The topological polar surface area (TPSA) is 72.6 Å². The molecule has 16 heavy (non-hydrogen) atoms. The average Bonchev–Trinajstić information content (AvgIpc) is 2.25. The second-order valence-electron chi connectivity index (χ2n) is 3.41. The van der Waals surface area contributed by atoms with Crippen LogP contribution in [0.2, 0.25) is 0 Å². The van der Waals surface area contributed by atoms with Gasteiger partial charge in [0.15, 0.2) is 0 Å². The molecule has 0 aliphatic rings. The lowest BCUT2D eigenvalue weighted by molar-refractivity contribution is -0.118. The fourth-order valence-corrected chi connectivity index (χ4v) is 1.78. The number of benzene rings is 1. The number of hydrogen-bond donors (Lipinski definition) is 2. The lowest BCUT2D eigenvalue weighted by Gasteiger charge is -2.14. The van der Waals surface area contributed by atoms with Crippen LogP contribution in [-0.2, 0) is 4.79 Å². The van der Waals surface area contributed by atoms with E-state index < -0.39 is 12.0 Å². The Kier molecular flexibility index (Phi) is 4.76. The van der Waals surface area contributed by atoms with Crippen LogP contribution in [-0.4, -0.2) is 18.1 Å². The number of aliphatic hydroxyl groups is 1. The highest BCUT2D eigenvalue weighted by Crippen LogP contribution is 2.30. The lowest BCUT2D eigenvalue weighted by Crippen LogP contribution is -2.12. The van der Waals surface area contributed by atoms with E-state index in [-0.39, 0.29) is 6.42 Å². The number of halogens is 1. The number of primary amides is 1. The number of ether oxygens (including phenoxy) is 1. The Hall–Kier alpha value is -1.07. The predicted molar refractivity (Wildman–Crippen MR) is 64.1 cm³/mol. The molecule has 4 nitrogen and oxygen atoms in total. The molecule has 1 atom stereocenters. The highest BCUT2D eigenvalue weighted by atomic mass is 79.9. The van der Waals surface area contributed by atoms with Crippen molar-refractivity contribution in [2.75, 3.05) is 7.11 Å². The highest BCUT2D eigenvalue weighted by Gasteiger charge is 2.14. The largest absolute Gasteiger partial charge is 0.496 e. The van der Waals surface area contributed by atoms with E-state index in [2.05, 4.69) is 15.9 Å². The van der Waals surface area contributed by atoms with Gasteiger partial charge in [-0.3, -0.25) is 4.79 Å². The molecule has 0 aliphatic heterocycles. The van der Waals surface area contributed by atoms with Crippen LogP contribution >= 0.6 is 15.9 Å². The molecule has 0 fully saturated rings. The quantitative estimate of drug-likeness (QED) is 0.867. The van der Waals surface area contributed by atoms with Crippen molar-refractivity contribution in [2.45, 2.75) is 18.9 Å². The summed E-state index contributed by atoms with van der Waals surface area (Å²) in [4.78, 5) is 10.6. The maximum atomic E-state index is 10.6. The molecule has 1 aromatic rings. The average molecular weight is 288 g/mol. The Morgan fingerprint density at radius 1 is 1.62 bits per heavy atom. The fraction of sp³-hybridized carbons (Fsp3) is 0.364. The van der Waals surface area contributed by atoms with Gasteiger partial charge in [0, 0.05) is 16.5 Å². The van der Waals surface area contributed by atoms with Gasteiger partial charge in [-0.15, -0.1) is 0 Å². The van der Waals surface area contributed by atoms with Gasteiger partial charge in [-0.2, -0.15) is 0 Å². The standard InChI is InChI=1S/C11H14BrNO3/c1-16-10-4-2-7(12)6-8(10)9(14)3-5-11(13)15/h2,4,6,9,14H,3,5H2,1H3,(H2,13,15). The van der Waals surface area contributed by atoms with Crippen molar-refractivity contribution in [3.63, 3.8) is 0 Å². The maximum absolute atomic E-state index is 10.6. The van der Waals surface area contributed by atoms with E-state index in [1.807, 2.05) is 6.07 Å². The minimum absolute atomic E-state index is 0.150. The molecule has 1 rings (SSSR count). The van der Waals surface area contributed by atoms with Crippen molar-refractivity contribution in [3.05, 3.63) is 28.2 Å². The third kappa shape index (κ3) is 3.50. The van der Waals surface area contributed by atoms with Crippen LogP contribution < -0.4 is 10.5 Å².